The zero-order valence-electron chi connectivity index (χ0n) is 13.5. The van der Waals surface area contributed by atoms with Crippen molar-refractivity contribution in [2.45, 2.75) is 39.7 Å². The van der Waals surface area contributed by atoms with E-state index >= 15 is 0 Å². The average Bonchev–Trinajstić information content (AvgIpc) is 2.54. The van der Waals surface area contributed by atoms with Crippen molar-refractivity contribution in [3.63, 3.8) is 0 Å². The number of nitrogens with two attached hydrogens (primary N) is 1. The van der Waals surface area contributed by atoms with E-state index in [2.05, 4.69) is 25.4 Å². The third-order valence-electron chi connectivity index (χ3n) is 2.30. The molecular formula is C16H27N3O3. The summed E-state index contributed by atoms with van der Waals surface area (Å²) in [5.41, 5.74) is 6.84. The van der Waals surface area contributed by atoms with Crippen molar-refractivity contribution in [3.05, 3.63) is 36.0 Å². The molecule has 6 heteroatoms. The Hall–Kier alpha value is -2.05. The zero-order chi connectivity index (χ0) is 17.5. The lowest BCUT2D eigenvalue weighted by atomic mass is 9.99. The molecule has 1 unspecified atom stereocenters. The third-order valence-corrected chi connectivity index (χ3v) is 2.30. The van der Waals surface area contributed by atoms with Crippen LogP contribution in [0.3, 0.4) is 0 Å². The molecule has 0 saturated heterocycles. The molecule has 1 rings (SSSR count). The van der Waals surface area contributed by atoms with Gasteiger partial charge in [0.2, 0.25) is 0 Å². The van der Waals surface area contributed by atoms with E-state index in [1.54, 1.807) is 6.07 Å². The maximum Gasteiger partial charge on any atom is 0.142 e. The smallest absolute Gasteiger partial charge is 0.142 e. The molecule has 1 aromatic heterocycles. The number of aliphatic hydroxyl groups is 2. The maximum atomic E-state index is 9.55. The Kier molecular flexibility index (Phi) is 14.1. The number of carbonyl (C=O) groups is 1. The predicted molar refractivity (Wildman–Crippen MR) is 90.0 cm³/mol. The average molecular weight is 309 g/mol. The summed E-state index contributed by atoms with van der Waals surface area (Å²) < 4.78 is 0. The van der Waals surface area contributed by atoms with Crippen molar-refractivity contribution in [2.75, 3.05) is 12.3 Å². The van der Waals surface area contributed by atoms with E-state index in [0.29, 0.717) is 29.5 Å². The Labute approximate surface area is 132 Å². The summed E-state index contributed by atoms with van der Waals surface area (Å²) >= 11 is 0. The van der Waals surface area contributed by atoms with E-state index in [4.69, 9.17) is 21.0 Å². The Morgan fingerprint density at radius 3 is 2.36 bits per heavy atom. The molecule has 0 aromatic carbocycles. The van der Waals surface area contributed by atoms with Gasteiger partial charge in [-0.05, 0) is 24.1 Å². The highest BCUT2D eigenvalue weighted by Gasteiger charge is 2.16. The van der Waals surface area contributed by atoms with Gasteiger partial charge in [0.25, 0.3) is 0 Å². The molecule has 0 radical (unpaired) electrons. The first-order valence-corrected chi connectivity index (χ1v) is 7.12. The van der Waals surface area contributed by atoms with Gasteiger partial charge in [-0.1, -0.05) is 33.8 Å². The van der Waals surface area contributed by atoms with Crippen LogP contribution in [-0.4, -0.2) is 33.8 Å². The Bertz CT molecular complexity index is 456. The lowest BCUT2D eigenvalue weighted by Gasteiger charge is -2.14. The first kappa shape index (κ1) is 22.2. The summed E-state index contributed by atoms with van der Waals surface area (Å²) in [5.74, 6) is 0.215. The number of allylic oxidation sites excluding steroid dienone is 1. The van der Waals surface area contributed by atoms with Crippen molar-refractivity contribution in [3.8, 4) is 0 Å². The van der Waals surface area contributed by atoms with E-state index in [1.165, 1.54) is 18.7 Å². The number of hydrogen-bond donors (Lipinski definition) is 4. The molecule has 1 atom stereocenters. The van der Waals surface area contributed by atoms with Crippen LogP contribution in [0.4, 0.5) is 5.82 Å². The van der Waals surface area contributed by atoms with Gasteiger partial charge in [0, 0.05) is 17.5 Å². The second-order valence-corrected chi connectivity index (χ2v) is 4.27. The minimum atomic E-state index is -1.02. The van der Waals surface area contributed by atoms with Crippen LogP contribution in [0.25, 0.3) is 0 Å². The Balaban J connectivity index is 0. The van der Waals surface area contributed by atoms with Crippen LogP contribution in [0.15, 0.2) is 24.9 Å². The van der Waals surface area contributed by atoms with Gasteiger partial charge in [-0.3, -0.25) is 4.79 Å². The highest BCUT2D eigenvalue weighted by molar-refractivity contribution is 6.03. The second-order valence-electron chi connectivity index (χ2n) is 4.27. The Morgan fingerprint density at radius 1 is 1.50 bits per heavy atom. The molecule has 0 aliphatic rings. The number of anilines is 1. The lowest BCUT2D eigenvalue weighted by Crippen LogP contribution is -2.13. The van der Waals surface area contributed by atoms with Crippen LogP contribution in [0.2, 0.25) is 0 Å². The summed E-state index contributed by atoms with van der Waals surface area (Å²) in [6, 6.07) is 1.57. The van der Waals surface area contributed by atoms with Gasteiger partial charge in [-0.2, -0.15) is 0 Å². The van der Waals surface area contributed by atoms with E-state index in [-0.39, 0.29) is 5.82 Å². The van der Waals surface area contributed by atoms with Crippen molar-refractivity contribution in [1.29, 1.82) is 5.41 Å². The molecule has 124 valence electrons. The first-order chi connectivity index (χ1) is 10.4. The molecule has 22 heavy (non-hydrogen) atoms. The van der Waals surface area contributed by atoms with Gasteiger partial charge in [0.15, 0.2) is 0 Å². The van der Waals surface area contributed by atoms with Crippen LogP contribution >= 0.6 is 0 Å². The van der Waals surface area contributed by atoms with E-state index in [1.807, 2.05) is 6.92 Å². The number of nitrogen functional groups attached to an aromatic ring is 1. The highest BCUT2D eigenvalue weighted by Crippen LogP contribution is 2.22. The van der Waals surface area contributed by atoms with E-state index in [9.17, 15) is 5.11 Å². The molecule has 1 aromatic rings. The number of aliphatic hydroxyl groups excluding tert-OH is 2. The summed E-state index contributed by atoms with van der Waals surface area (Å²) in [6.45, 7) is 8.79. The second kappa shape index (κ2) is 13.9. The van der Waals surface area contributed by atoms with Crippen LogP contribution in [0.5, 0.6) is 0 Å². The van der Waals surface area contributed by atoms with Crippen molar-refractivity contribution >= 4 is 17.8 Å². The van der Waals surface area contributed by atoms with Gasteiger partial charge >= 0.3 is 0 Å². The highest BCUT2D eigenvalue weighted by atomic mass is 16.3. The molecule has 0 aliphatic heterocycles. The lowest BCUT2D eigenvalue weighted by molar-refractivity contribution is -0.104. The normalized spacial score (nSPS) is 10.2. The topological polar surface area (TPSA) is 120 Å². The molecule has 0 fully saturated rings. The number of aldehydes is 1. The van der Waals surface area contributed by atoms with Crippen LogP contribution < -0.4 is 5.73 Å². The molecule has 5 N–H and O–H groups in total. The number of nitrogens with one attached hydrogen (secondary N) is 1. The zero-order valence-corrected chi connectivity index (χ0v) is 13.5. The number of nitrogens with zero attached hydrogens (tertiary/aromatic N) is 1. The minimum Gasteiger partial charge on any atom is -0.393 e. The number of hydrogen-bond acceptors (Lipinski definition) is 6. The van der Waals surface area contributed by atoms with Crippen molar-refractivity contribution < 1.29 is 15.0 Å². The predicted octanol–water partition coefficient (Wildman–Crippen LogP) is 2.25. The van der Waals surface area contributed by atoms with Gasteiger partial charge < -0.3 is 21.4 Å². The molecule has 0 aliphatic carbocycles. The summed E-state index contributed by atoms with van der Waals surface area (Å²) in [7, 11) is 0. The standard InChI is InChI=1S/C10H15N3O2.C3H4O.C3H8/c1-2-7(11)9-6(8(15)5-14)3-4-13-10(9)12;1-2-3-4;1-3-2/h3-4,8,11,14-15H,2,5H2,1H3,(H2,12,13);2-3H,1H2;3H2,1-2H3. The molecule has 1 heterocycles. The third kappa shape index (κ3) is 8.28. The maximum absolute atomic E-state index is 9.55. The fraction of sp³-hybridized carbons (Fsp3) is 0.438. The summed E-state index contributed by atoms with van der Waals surface area (Å²) in [5, 5.41) is 26.1. The van der Waals surface area contributed by atoms with Crippen LogP contribution in [0.1, 0.15) is 50.8 Å². The van der Waals surface area contributed by atoms with Crippen LogP contribution in [0, 0.1) is 5.41 Å². The summed E-state index contributed by atoms with van der Waals surface area (Å²) in [6.07, 6.45) is 4.02. The van der Waals surface area contributed by atoms with Gasteiger partial charge in [0.1, 0.15) is 18.2 Å². The molecule has 0 spiro atoms. The van der Waals surface area contributed by atoms with Gasteiger partial charge in [-0.15, -0.1) is 0 Å². The fourth-order valence-electron chi connectivity index (χ4n) is 1.38. The first-order valence-electron chi connectivity index (χ1n) is 7.12. The summed E-state index contributed by atoms with van der Waals surface area (Å²) in [4.78, 5) is 12.9. The minimum absolute atomic E-state index is 0.215. The number of rotatable bonds is 5. The van der Waals surface area contributed by atoms with Crippen molar-refractivity contribution in [1.82, 2.24) is 4.98 Å². The molecular weight excluding hydrogens is 282 g/mol. The monoisotopic (exact) mass is 309 g/mol. The van der Waals surface area contributed by atoms with E-state index in [0.717, 1.165) is 0 Å². The number of pyridine rings is 1. The SMILES string of the molecule is C=CC=O.CCC.CCC(=N)c1c(C(O)CO)ccnc1N. The largest absolute Gasteiger partial charge is 0.393 e. The molecule has 0 saturated carbocycles. The molecule has 0 bridgehead atoms. The number of aromatic nitrogens is 1. The Morgan fingerprint density at radius 2 is 2.00 bits per heavy atom. The molecule has 6 nitrogen and oxygen atoms in total. The molecule has 0 amide bonds. The fourth-order valence-corrected chi connectivity index (χ4v) is 1.38. The van der Waals surface area contributed by atoms with Crippen LogP contribution in [-0.2, 0) is 4.79 Å². The van der Waals surface area contributed by atoms with Crippen molar-refractivity contribution in [2.24, 2.45) is 0 Å². The van der Waals surface area contributed by atoms with Gasteiger partial charge in [-0.25, -0.2) is 4.98 Å². The number of carbonyl (C=O) groups excluding carboxylic acids is 1. The van der Waals surface area contributed by atoms with E-state index < -0.39 is 12.7 Å². The quantitative estimate of drug-likeness (QED) is 0.378. The van der Waals surface area contributed by atoms with Gasteiger partial charge in [0.05, 0.1) is 6.61 Å².